The van der Waals surface area contributed by atoms with Crippen molar-refractivity contribution >= 4 is 39.1 Å². The van der Waals surface area contributed by atoms with Crippen LogP contribution in [0.2, 0.25) is 5.02 Å². The maximum Gasteiger partial charge on any atom is 0.264 e. The number of carbonyl (C=O) groups excluding carboxylic acids is 2. The first-order chi connectivity index (χ1) is 18.0. The van der Waals surface area contributed by atoms with Gasteiger partial charge >= 0.3 is 0 Å². The van der Waals surface area contributed by atoms with Crippen LogP contribution in [0.1, 0.15) is 35.6 Å². The fraction of sp³-hybridized carbons (Fsp3) is 0.310. The topological polar surface area (TPSA) is 86.8 Å². The molecule has 1 unspecified atom stereocenters. The molecule has 0 fully saturated rings. The average Bonchev–Trinajstić information content (AvgIpc) is 2.89. The maximum absolute atomic E-state index is 13.9. The highest BCUT2D eigenvalue weighted by molar-refractivity contribution is 7.92. The molecule has 0 aromatic heterocycles. The molecule has 3 rings (SSSR count). The van der Waals surface area contributed by atoms with E-state index in [0.717, 1.165) is 26.6 Å². The van der Waals surface area contributed by atoms with E-state index in [0.29, 0.717) is 17.1 Å². The van der Waals surface area contributed by atoms with Crippen LogP contribution >= 0.6 is 11.6 Å². The number of likely N-dealkylation sites (N-methyl/N-ethyl adjacent to an activating group) is 1. The number of rotatable bonds is 10. The minimum atomic E-state index is -4.10. The van der Waals surface area contributed by atoms with Crippen molar-refractivity contribution in [2.75, 3.05) is 17.9 Å². The lowest BCUT2D eigenvalue weighted by molar-refractivity contribution is -0.140. The quantitative estimate of drug-likeness (QED) is 0.381. The lowest BCUT2D eigenvalue weighted by Gasteiger charge is -2.33. The van der Waals surface area contributed by atoms with Crippen LogP contribution in [0.15, 0.2) is 71.6 Å². The second kappa shape index (κ2) is 12.5. The zero-order chi connectivity index (χ0) is 28.0. The van der Waals surface area contributed by atoms with Crippen molar-refractivity contribution in [3.05, 3.63) is 94.0 Å². The van der Waals surface area contributed by atoms with Gasteiger partial charge in [0, 0.05) is 18.6 Å². The molecule has 38 heavy (non-hydrogen) atoms. The highest BCUT2D eigenvalue weighted by Crippen LogP contribution is 2.27. The Bertz CT molecular complexity index is 1390. The van der Waals surface area contributed by atoms with Gasteiger partial charge in [-0.2, -0.15) is 0 Å². The molecule has 2 amide bonds. The van der Waals surface area contributed by atoms with Crippen molar-refractivity contribution < 1.29 is 18.0 Å². The predicted octanol–water partition coefficient (Wildman–Crippen LogP) is 5.01. The Morgan fingerprint density at radius 1 is 0.921 bits per heavy atom. The number of hydrogen-bond acceptors (Lipinski definition) is 4. The van der Waals surface area contributed by atoms with E-state index in [-0.39, 0.29) is 17.3 Å². The molecule has 1 atom stereocenters. The van der Waals surface area contributed by atoms with Gasteiger partial charge in [-0.25, -0.2) is 8.42 Å². The van der Waals surface area contributed by atoms with Crippen molar-refractivity contribution in [3.8, 4) is 0 Å². The Morgan fingerprint density at radius 2 is 1.55 bits per heavy atom. The molecular weight excluding hydrogens is 522 g/mol. The number of halogens is 1. The summed E-state index contributed by atoms with van der Waals surface area (Å²) in [6, 6.07) is 18.0. The molecule has 0 aliphatic heterocycles. The number of carbonyl (C=O) groups is 2. The van der Waals surface area contributed by atoms with Crippen LogP contribution in [0, 0.1) is 20.8 Å². The first-order valence-electron chi connectivity index (χ1n) is 12.4. The second-order valence-corrected chi connectivity index (χ2v) is 11.6. The van der Waals surface area contributed by atoms with Crippen LogP contribution in [0.5, 0.6) is 0 Å². The van der Waals surface area contributed by atoms with Gasteiger partial charge in [0.15, 0.2) is 0 Å². The van der Waals surface area contributed by atoms with E-state index in [2.05, 4.69) is 5.32 Å². The van der Waals surface area contributed by atoms with Gasteiger partial charge in [-0.3, -0.25) is 13.9 Å². The average molecular weight is 556 g/mol. The third-order valence-electron chi connectivity index (χ3n) is 6.56. The van der Waals surface area contributed by atoms with E-state index in [9.17, 15) is 18.0 Å². The molecule has 3 aromatic rings. The van der Waals surface area contributed by atoms with Crippen LogP contribution in [-0.2, 0) is 26.2 Å². The molecule has 0 saturated heterocycles. The standard InChI is InChI=1S/C29H34ClN3O4S/c1-6-27(29(35)31-5)32(18-23-10-12-24(30)13-11-23)28(34)19-33(25-14-9-21(3)22(4)17-25)38(36,37)26-15-7-20(2)8-16-26/h7-17,27H,6,18-19H2,1-5H3,(H,31,35). The summed E-state index contributed by atoms with van der Waals surface area (Å²) in [6.45, 7) is 7.16. The van der Waals surface area contributed by atoms with Crippen LogP contribution in [0.4, 0.5) is 5.69 Å². The van der Waals surface area contributed by atoms with Crippen molar-refractivity contribution in [3.63, 3.8) is 0 Å². The van der Waals surface area contributed by atoms with Crippen LogP contribution in [-0.4, -0.2) is 44.8 Å². The number of benzene rings is 3. The van der Waals surface area contributed by atoms with Gasteiger partial charge in [0.05, 0.1) is 10.6 Å². The molecule has 0 aliphatic rings. The fourth-order valence-electron chi connectivity index (χ4n) is 4.12. The van der Waals surface area contributed by atoms with Gasteiger partial charge in [-0.15, -0.1) is 0 Å². The maximum atomic E-state index is 13.9. The van der Waals surface area contributed by atoms with Gasteiger partial charge in [0.25, 0.3) is 10.0 Å². The zero-order valence-electron chi connectivity index (χ0n) is 22.4. The molecule has 3 aromatic carbocycles. The molecule has 0 bridgehead atoms. The van der Waals surface area contributed by atoms with Gasteiger partial charge in [-0.1, -0.05) is 54.4 Å². The molecule has 0 heterocycles. The minimum Gasteiger partial charge on any atom is -0.357 e. The minimum absolute atomic E-state index is 0.0803. The van der Waals surface area contributed by atoms with Crippen LogP contribution in [0.25, 0.3) is 0 Å². The number of anilines is 1. The van der Waals surface area contributed by atoms with E-state index in [1.165, 1.54) is 24.1 Å². The molecule has 0 saturated carbocycles. The first-order valence-corrected chi connectivity index (χ1v) is 14.2. The number of hydrogen-bond donors (Lipinski definition) is 1. The zero-order valence-corrected chi connectivity index (χ0v) is 23.9. The fourth-order valence-corrected chi connectivity index (χ4v) is 5.65. The largest absolute Gasteiger partial charge is 0.357 e. The second-order valence-electron chi connectivity index (χ2n) is 9.28. The van der Waals surface area contributed by atoms with Crippen LogP contribution in [0.3, 0.4) is 0 Å². The molecule has 1 N–H and O–H groups in total. The van der Waals surface area contributed by atoms with Crippen molar-refractivity contribution in [1.82, 2.24) is 10.2 Å². The summed E-state index contributed by atoms with van der Waals surface area (Å²) in [4.78, 5) is 28.2. The number of amides is 2. The Kier molecular flexibility index (Phi) is 9.57. The van der Waals surface area contributed by atoms with Gasteiger partial charge in [-0.05, 0) is 80.3 Å². The Hall–Kier alpha value is -3.36. The molecule has 0 aliphatic carbocycles. The van der Waals surface area contributed by atoms with E-state index in [1.807, 2.05) is 33.8 Å². The molecule has 7 nitrogen and oxygen atoms in total. The van der Waals surface area contributed by atoms with Crippen LogP contribution < -0.4 is 9.62 Å². The Balaban J connectivity index is 2.08. The molecule has 0 radical (unpaired) electrons. The summed E-state index contributed by atoms with van der Waals surface area (Å²) in [6.07, 6.45) is 0.355. The van der Waals surface area contributed by atoms with Gasteiger partial charge in [0.2, 0.25) is 11.8 Å². The lowest BCUT2D eigenvalue weighted by Crippen LogP contribution is -2.51. The highest BCUT2D eigenvalue weighted by Gasteiger charge is 2.33. The van der Waals surface area contributed by atoms with E-state index in [1.54, 1.807) is 48.5 Å². The number of sulfonamides is 1. The van der Waals surface area contributed by atoms with Crippen molar-refractivity contribution in [2.24, 2.45) is 0 Å². The number of aryl methyl sites for hydroxylation is 3. The van der Waals surface area contributed by atoms with E-state index < -0.39 is 28.5 Å². The monoisotopic (exact) mass is 555 g/mol. The summed E-state index contributed by atoms with van der Waals surface area (Å²) in [5.41, 5.74) is 3.96. The summed E-state index contributed by atoms with van der Waals surface area (Å²) >= 11 is 6.03. The molecule has 202 valence electrons. The van der Waals surface area contributed by atoms with Crippen molar-refractivity contribution in [1.29, 1.82) is 0 Å². The Labute approximate surface area is 230 Å². The third-order valence-corrected chi connectivity index (χ3v) is 8.60. The molecular formula is C29H34ClN3O4S. The lowest BCUT2D eigenvalue weighted by atomic mass is 10.1. The predicted molar refractivity (Wildman–Crippen MR) is 152 cm³/mol. The van der Waals surface area contributed by atoms with E-state index >= 15 is 0 Å². The summed E-state index contributed by atoms with van der Waals surface area (Å²) < 4.78 is 28.9. The first kappa shape index (κ1) is 29.2. The number of nitrogens with zero attached hydrogens (tertiary/aromatic N) is 2. The highest BCUT2D eigenvalue weighted by atomic mass is 35.5. The summed E-state index contributed by atoms with van der Waals surface area (Å²) in [7, 11) is -2.58. The summed E-state index contributed by atoms with van der Waals surface area (Å²) in [5, 5.41) is 3.17. The molecule has 0 spiro atoms. The summed E-state index contributed by atoms with van der Waals surface area (Å²) in [5.74, 6) is -0.821. The SMILES string of the molecule is CCC(C(=O)NC)N(Cc1ccc(Cl)cc1)C(=O)CN(c1ccc(C)c(C)c1)S(=O)(=O)c1ccc(C)cc1. The third kappa shape index (κ3) is 6.74. The van der Waals surface area contributed by atoms with Crippen molar-refractivity contribution in [2.45, 2.75) is 51.6 Å². The smallest absolute Gasteiger partial charge is 0.264 e. The van der Waals surface area contributed by atoms with Gasteiger partial charge in [0.1, 0.15) is 12.6 Å². The number of nitrogens with one attached hydrogen (secondary N) is 1. The van der Waals surface area contributed by atoms with Gasteiger partial charge < -0.3 is 10.2 Å². The molecule has 9 heteroatoms. The Morgan fingerprint density at radius 3 is 2.11 bits per heavy atom. The normalized spacial score (nSPS) is 12.1. The van der Waals surface area contributed by atoms with E-state index in [4.69, 9.17) is 11.6 Å².